The highest BCUT2D eigenvalue weighted by atomic mass is 16.6. The fraction of sp³-hybridized carbons (Fsp3) is 0.417. The van der Waals surface area contributed by atoms with Crippen LogP contribution in [0.5, 0.6) is 0 Å². The average molecular weight is 280 g/mol. The lowest BCUT2D eigenvalue weighted by Crippen LogP contribution is -2.54. The molecule has 1 unspecified atom stereocenters. The molecule has 8 heteroatoms. The molecular weight excluding hydrogens is 264 g/mol. The highest BCUT2D eigenvalue weighted by Crippen LogP contribution is 2.16. The van der Waals surface area contributed by atoms with Crippen LogP contribution in [0.3, 0.4) is 0 Å². The summed E-state index contributed by atoms with van der Waals surface area (Å²) >= 11 is 0. The quantitative estimate of drug-likeness (QED) is 0.548. The molecule has 1 saturated heterocycles. The van der Waals surface area contributed by atoms with Gasteiger partial charge in [0.15, 0.2) is 0 Å². The van der Waals surface area contributed by atoms with Crippen molar-refractivity contribution in [3.05, 3.63) is 34.4 Å². The molecule has 108 valence electrons. The van der Waals surface area contributed by atoms with Gasteiger partial charge in [-0.1, -0.05) is 0 Å². The van der Waals surface area contributed by atoms with Crippen LogP contribution < -0.4 is 10.6 Å². The van der Waals surface area contributed by atoms with Crippen LogP contribution in [-0.2, 0) is 0 Å². The maximum absolute atomic E-state index is 12.0. The number of piperazine rings is 1. The van der Waals surface area contributed by atoms with Gasteiger partial charge in [-0.15, -0.1) is 0 Å². The van der Waals surface area contributed by atoms with E-state index in [0.29, 0.717) is 25.3 Å². The van der Waals surface area contributed by atoms with E-state index >= 15 is 0 Å². The number of nitrogens with zero attached hydrogens (tertiary/aromatic N) is 2. The summed E-state index contributed by atoms with van der Waals surface area (Å²) in [6.45, 7) is 1.57. The van der Waals surface area contributed by atoms with Gasteiger partial charge in [0, 0.05) is 43.5 Å². The number of nitro benzene ring substituents is 1. The van der Waals surface area contributed by atoms with E-state index in [4.69, 9.17) is 5.11 Å². The van der Waals surface area contributed by atoms with E-state index in [2.05, 4.69) is 10.6 Å². The van der Waals surface area contributed by atoms with Gasteiger partial charge >= 0.3 is 6.03 Å². The molecule has 1 atom stereocenters. The minimum absolute atomic E-state index is 0.0227. The smallest absolute Gasteiger partial charge is 0.321 e. The van der Waals surface area contributed by atoms with Crippen LogP contribution in [0.4, 0.5) is 16.2 Å². The number of anilines is 1. The van der Waals surface area contributed by atoms with E-state index in [0.717, 1.165) is 0 Å². The fourth-order valence-corrected chi connectivity index (χ4v) is 2.00. The summed E-state index contributed by atoms with van der Waals surface area (Å²) in [5.74, 6) is 0. The monoisotopic (exact) mass is 280 g/mol. The first-order valence-corrected chi connectivity index (χ1v) is 6.25. The Morgan fingerprint density at radius 2 is 2.20 bits per heavy atom. The Labute approximate surface area is 115 Å². The zero-order valence-corrected chi connectivity index (χ0v) is 10.8. The second-order valence-electron chi connectivity index (χ2n) is 4.51. The van der Waals surface area contributed by atoms with E-state index in [1.165, 1.54) is 24.3 Å². The molecule has 1 aliphatic heterocycles. The lowest BCUT2D eigenvalue weighted by Gasteiger charge is -2.32. The van der Waals surface area contributed by atoms with Crippen molar-refractivity contribution in [3.63, 3.8) is 0 Å². The summed E-state index contributed by atoms with van der Waals surface area (Å²) in [5.41, 5.74) is 0.477. The number of carbonyl (C=O) groups is 1. The predicted molar refractivity (Wildman–Crippen MR) is 72.6 cm³/mol. The van der Waals surface area contributed by atoms with Crippen molar-refractivity contribution in [2.24, 2.45) is 0 Å². The number of benzene rings is 1. The Morgan fingerprint density at radius 3 is 2.80 bits per heavy atom. The third-order valence-electron chi connectivity index (χ3n) is 3.09. The van der Waals surface area contributed by atoms with Crippen LogP contribution in [0, 0.1) is 10.1 Å². The van der Waals surface area contributed by atoms with Gasteiger partial charge in [-0.3, -0.25) is 10.1 Å². The maximum atomic E-state index is 12.0. The van der Waals surface area contributed by atoms with Crippen LogP contribution in [0.25, 0.3) is 0 Å². The largest absolute Gasteiger partial charge is 0.395 e. The molecule has 3 N–H and O–H groups in total. The van der Waals surface area contributed by atoms with Crippen molar-refractivity contribution in [1.29, 1.82) is 0 Å². The number of carbonyl (C=O) groups excluding carboxylic acids is 1. The molecular formula is C12H16N4O4. The molecule has 20 heavy (non-hydrogen) atoms. The summed E-state index contributed by atoms with van der Waals surface area (Å²) in [5, 5.41) is 25.4. The molecule has 0 bridgehead atoms. The molecule has 2 rings (SSSR count). The molecule has 0 saturated carbocycles. The molecule has 1 aromatic rings. The van der Waals surface area contributed by atoms with Crippen LogP contribution in [-0.4, -0.2) is 53.2 Å². The van der Waals surface area contributed by atoms with Crippen molar-refractivity contribution in [2.75, 3.05) is 31.6 Å². The molecule has 1 fully saturated rings. The normalized spacial score (nSPS) is 18.6. The number of hydrogen-bond donors (Lipinski definition) is 3. The number of nitrogens with one attached hydrogen (secondary N) is 2. The van der Waals surface area contributed by atoms with Gasteiger partial charge in [0.1, 0.15) is 0 Å². The molecule has 1 heterocycles. The number of aliphatic hydroxyl groups excluding tert-OH is 1. The van der Waals surface area contributed by atoms with Crippen LogP contribution in [0.2, 0.25) is 0 Å². The van der Waals surface area contributed by atoms with E-state index < -0.39 is 4.92 Å². The summed E-state index contributed by atoms with van der Waals surface area (Å²) < 4.78 is 0. The number of non-ortho nitro benzene ring substituents is 1. The molecule has 0 radical (unpaired) electrons. The zero-order chi connectivity index (χ0) is 14.5. The predicted octanol–water partition coefficient (Wildman–Crippen LogP) is 0.393. The summed E-state index contributed by atoms with van der Waals surface area (Å²) in [6, 6.07) is 5.25. The van der Waals surface area contributed by atoms with Gasteiger partial charge in [-0.2, -0.15) is 0 Å². The summed E-state index contributed by atoms with van der Waals surface area (Å²) in [7, 11) is 0. The Kier molecular flexibility index (Phi) is 4.49. The number of amides is 2. The topological polar surface area (TPSA) is 108 Å². The van der Waals surface area contributed by atoms with Gasteiger partial charge in [0.25, 0.3) is 5.69 Å². The molecule has 8 nitrogen and oxygen atoms in total. The van der Waals surface area contributed by atoms with Crippen molar-refractivity contribution < 1.29 is 14.8 Å². The number of urea groups is 1. The van der Waals surface area contributed by atoms with Gasteiger partial charge < -0.3 is 20.6 Å². The average Bonchev–Trinajstić information content (AvgIpc) is 2.47. The minimum Gasteiger partial charge on any atom is -0.395 e. The van der Waals surface area contributed by atoms with Gasteiger partial charge in [-0.25, -0.2) is 4.79 Å². The number of rotatable bonds is 3. The number of hydrogen-bond acceptors (Lipinski definition) is 5. The summed E-state index contributed by atoms with van der Waals surface area (Å²) in [6.07, 6.45) is 0. The van der Waals surface area contributed by atoms with E-state index in [9.17, 15) is 14.9 Å². The van der Waals surface area contributed by atoms with E-state index in [1.807, 2.05) is 0 Å². The van der Waals surface area contributed by atoms with E-state index in [1.54, 1.807) is 4.90 Å². The first-order valence-electron chi connectivity index (χ1n) is 6.25. The van der Waals surface area contributed by atoms with Crippen molar-refractivity contribution >= 4 is 17.4 Å². The third kappa shape index (κ3) is 3.43. The van der Waals surface area contributed by atoms with Gasteiger partial charge in [-0.05, 0) is 12.1 Å². The summed E-state index contributed by atoms with van der Waals surface area (Å²) in [4.78, 5) is 23.7. The highest BCUT2D eigenvalue weighted by Gasteiger charge is 2.22. The third-order valence-corrected chi connectivity index (χ3v) is 3.09. The molecule has 0 aliphatic carbocycles. The number of nitro groups is 1. The SMILES string of the molecule is O=C(Nc1ccc([N+](=O)[O-])cc1)N1CCNC(CO)C1. The molecule has 2 amide bonds. The molecule has 0 spiro atoms. The number of aliphatic hydroxyl groups is 1. The lowest BCUT2D eigenvalue weighted by atomic mass is 10.2. The van der Waals surface area contributed by atoms with Crippen LogP contribution in [0.1, 0.15) is 0 Å². The van der Waals surface area contributed by atoms with Crippen molar-refractivity contribution in [2.45, 2.75) is 6.04 Å². The van der Waals surface area contributed by atoms with Crippen LogP contribution in [0.15, 0.2) is 24.3 Å². The van der Waals surface area contributed by atoms with Gasteiger partial charge in [0.2, 0.25) is 0 Å². The first-order chi connectivity index (χ1) is 9.60. The van der Waals surface area contributed by atoms with Crippen molar-refractivity contribution in [1.82, 2.24) is 10.2 Å². The Bertz CT molecular complexity index is 491. The highest BCUT2D eigenvalue weighted by molar-refractivity contribution is 5.89. The van der Waals surface area contributed by atoms with Crippen molar-refractivity contribution in [3.8, 4) is 0 Å². The standard InChI is InChI=1S/C12H16N4O4/c17-8-10-7-15(6-5-13-10)12(18)14-9-1-3-11(4-2-9)16(19)20/h1-4,10,13,17H,5-8H2,(H,14,18). The molecule has 1 aromatic carbocycles. The Balaban J connectivity index is 1.95. The van der Waals surface area contributed by atoms with Gasteiger partial charge in [0.05, 0.1) is 11.5 Å². The molecule has 1 aliphatic rings. The fourth-order valence-electron chi connectivity index (χ4n) is 2.00. The minimum atomic E-state index is -0.492. The molecule has 0 aromatic heterocycles. The second kappa shape index (κ2) is 6.31. The maximum Gasteiger partial charge on any atom is 0.321 e. The Hall–Kier alpha value is -2.19. The van der Waals surface area contributed by atoms with E-state index in [-0.39, 0.29) is 24.4 Å². The second-order valence-corrected chi connectivity index (χ2v) is 4.51. The Morgan fingerprint density at radius 1 is 1.50 bits per heavy atom. The first kappa shape index (κ1) is 14.2. The zero-order valence-electron chi connectivity index (χ0n) is 10.8. The lowest BCUT2D eigenvalue weighted by molar-refractivity contribution is -0.384. The van der Waals surface area contributed by atoms with Crippen LogP contribution >= 0.6 is 0 Å².